The molecule has 3 aliphatic rings. The van der Waals surface area contributed by atoms with E-state index in [2.05, 4.69) is 11.9 Å². The highest BCUT2D eigenvalue weighted by molar-refractivity contribution is 5.89. The van der Waals surface area contributed by atoms with Gasteiger partial charge in [0, 0.05) is 17.8 Å². The minimum atomic E-state index is -1.35. The number of hydrogen-bond acceptors (Lipinski definition) is 12. The lowest BCUT2D eigenvalue weighted by molar-refractivity contribution is -0.302. The number of amides is 1. The van der Waals surface area contributed by atoms with Crippen molar-refractivity contribution in [2.45, 2.75) is 135 Å². The largest absolute Gasteiger partial charge is 0.458 e. The number of aliphatic hydroxyl groups excluding tert-OH is 1. The summed E-state index contributed by atoms with van der Waals surface area (Å²) in [7, 11) is 3.78. The molecular formula is C40H60N2O11. The number of ether oxygens (including phenoxy) is 6. The van der Waals surface area contributed by atoms with E-state index in [1.54, 1.807) is 78.8 Å². The van der Waals surface area contributed by atoms with E-state index in [1.165, 1.54) is 0 Å². The standard InChI is InChI=1S/C40H60N2O11/c1-12-19-48-39(8)21-22(3)30(43)24(5)33-40(9,53-38(47)41-33)29(13-2)50-35(45)26(7)31(44)25(6)34(39)52-37-32(28(42(10)11)20-23(4)49-37)51-36(46)27-17-15-14-16-18-27/h12,14-18,22-26,28-29,31-34,37,44H,1,13,19-21H2,2-11H3,(H,41,47)/t22-,23-,24+,25+,26-,28+,29?,31+,32-,33-,34-,37+,39-,40-/m1/s1. The molecule has 2 N–H and O–H groups in total. The summed E-state index contributed by atoms with van der Waals surface area (Å²) in [6.45, 7) is 17.9. The molecule has 296 valence electrons. The fraction of sp³-hybridized carbons (Fsp3) is 0.700. The number of carbonyl (C=O) groups is 4. The molecular weight excluding hydrogens is 684 g/mol. The number of carbonyl (C=O) groups excluding carboxylic acids is 4. The molecule has 3 heterocycles. The molecule has 1 unspecified atom stereocenters. The van der Waals surface area contributed by atoms with Gasteiger partial charge in [0.05, 0.1) is 54.1 Å². The molecule has 14 atom stereocenters. The van der Waals surface area contributed by atoms with Gasteiger partial charge >= 0.3 is 18.0 Å². The van der Waals surface area contributed by atoms with Crippen LogP contribution in [-0.2, 0) is 38.0 Å². The first-order chi connectivity index (χ1) is 24.9. The quantitative estimate of drug-likeness (QED) is 0.205. The molecule has 0 radical (unpaired) electrons. The first kappa shape index (κ1) is 42.4. The summed E-state index contributed by atoms with van der Waals surface area (Å²) in [5, 5.41) is 14.8. The number of cyclic esters (lactones) is 1. The highest BCUT2D eigenvalue weighted by Gasteiger charge is 2.57. The van der Waals surface area contributed by atoms with E-state index < -0.39 is 89.7 Å². The Balaban J connectivity index is 1.82. The van der Waals surface area contributed by atoms with E-state index in [-0.39, 0.29) is 37.4 Å². The van der Waals surface area contributed by atoms with Crippen LogP contribution in [0.15, 0.2) is 43.0 Å². The minimum Gasteiger partial charge on any atom is -0.458 e. The zero-order chi connectivity index (χ0) is 39.4. The van der Waals surface area contributed by atoms with Gasteiger partial charge in [0.15, 0.2) is 18.0 Å². The molecule has 0 aromatic heterocycles. The van der Waals surface area contributed by atoms with E-state index in [9.17, 15) is 24.3 Å². The average molecular weight is 745 g/mol. The number of nitrogens with zero attached hydrogens (tertiary/aromatic N) is 1. The lowest BCUT2D eigenvalue weighted by atomic mass is 9.73. The normalized spacial score (nSPS) is 40.0. The summed E-state index contributed by atoms with van der Waals surface area (Å²) in [6.07, 6.45) is -3.82. The van der Waals surface area contributed by atoms with Crippen molar-refractivity contribution in [1.29, 1.82) is 0 Å². The Bertz CT molecular complexity index is 1460. The maximum atomic E-state index is 14.3. The number of alkyl carbamates (subject to hydrolysis) is 1. The fourth-order valence-electron chi connectivity index (χ4n) is 8.41. The van der Waals surface area contributed by atoms with Gasteiger partial charge in [-0.15, -0.1) is 6.58 Å². The molecule has 13 nitrogen and oxygen atoms in total. The van der Waals surface area contributed by atoms with Crippen LogP contribution in [-0.4, -0.2) is 115 Å². The monoisotopic (exact) mass is 744 g/mol. The number of nitrogens with one attached hydrogen (secondary N) is 1. The summed E-state index contributed by atoms with van der Waals surface area (Å²) in [4.78, 5) is 56.3. The Morgan fingerprint density at radius 1 is 1.08 bits per heavy atom. The van der Waals surface area contributed by atoms with Gasteiger partial charge in [-0.05, 0) is 73.2 Å². The van der Waals surface area contributed by atoms with Crippen molar-refractivity contribution in [2.24, 2.45) is 23.7 Å². The molecule has 13 heteroatoms. The molecule has 4 rings (SSSR count). The zero-order valence-corrected chi connectivity index (χ0v) is 32.9. The summed E-state index contributed by atoms with van der Waals surface area (Å²) in [6, 6.07) is 7.52. The van der Waals surface area contributed by atoms with E-state index in [0.717, 1.165) is 0 Å². The van der Waals surface area contributed by atoms with E-state index in [4.69, 9.17) is 28.4 Å². The lowest BCUT2D eigenvalue weighted by Gasteiger charge is -2.49. The third-order valence-electron chi connectivity index (χ3n) is 11.4. The van der Waals surface area contributed by atoms with Crippen LogP contribution >= 0.6 is 0 Å². The van der Waals surface area contributed by atoms with Gasteiger partial charge in [0.2, 0.25) is 0 Å². The van der Waals surface area contributed by atoms with Gasteiger partial charge < -0.3 is 43.7 Å². The van der Waals surface area contributed by atoms with E-state index in [0.29, 0.717) is 12.0 Å². The van der Waals surface area contributed by atoms with Crippen molar-refractivity contribution >= 4 is 23.8 Å². The fourth-order valence-corrected chi connectivity index (χ4v) is 8.41. The van der Waals surface area contributed by atoms with Gasteiger partial charge in [-0.3, -0.25) is 9.59 Å². The van der Waals surface area contributed by atoms with Gasteiger partial charge in [0.1, 0.15) is 11.9 Å². The summed E-state index contributed by atoms with van der Waals surface area (Å²) in [5.41, 5.74) is -2.29. The van der Waals surface area contributed by atoms with Gasteiger partial charge in [0.25, 0.3) is 0 Å². The maximum Gasteiger partial charge on any atom is 0.408 e. The second kappa shape index (κ2) is 17.4. The van der Waals surface area contributed by atoms with Gasteiger partial charge in [-0.2, -0.15) is 0 Å². The Labute approximate surface area is 314 Å². The molecule has 0 bridgehead atoms. The van der Waals surface area contributed by atoms with Crippen LogP contribution < -0.4 is 5.32 Å². The van der Waals surface area contributed by atoms with Crippen LogP contribution in [0, 0.1) is 23.7 Å². The summed E-state index contributed by atoms with van der Waals surface area (Å²) in [5.74, 6) is -4.71. The van der Waals surface area contributed by atoms with Crippen molar-refractivity contribution in [1.82, 2.24) is 10.2 Å². The number of rotatable bonds is 9. The van der Waals surface area contributed by atoms with Crippen LogP contribution in [0.2, 0.25) is 0 Å². The second-order valence-corrected chi connectivity index (χ2v) is 15.8. The molecule has 3 aliphatic heterocycles. The smallest absolute Gasteiger partial charge is 0.408 e. The number of benzene rings is 1. The Hall–Kier alpha value is -3.36. The molecule has 3 saturated heterocycles. The third-order valence-corrected chi connectivity index (χ3v) is 11.4. The molecule has 1 amide bonds. The maximum absolute atomic E-state index is 14.3. The first-order valence-electron chi connectivity index (χ1n) is 18.8. The number of esters is 2. The van der Waals surface area contributed by atoms with Crippen LogP contribution in [0.1, 0.15) is 85.0 Å². The summed E-state index contributed by atoms with van der Waals surface area (Å²) >= 11 is 0. The predicted molar refractivity (Wildman–Crippen MR) is 196 cm³/mol. The van der Waals surface area contributed by atoms with Crippen molar-refractivity contribution in [3.8, 4) is 0 Å². The Kier molecular flexibility index (Phi) is 13.9. The molecule has 1 aromatic rings. The summed E-state index contributed by atoms with van der Waals surface area (Å²) < 4.78 is 37.8. The topological polar surface area (TPSA) is 159 Å². The number of ketones is 1. The molecule has 53 heavy (non-hydrogen) atoms. The Morgan fingerprint density at radius 2 is 1.74 bits per heavy atom. The molecule has 1 aromatic carbocycles. The molecule has 0 aliphatic carbocycles. The van der Waals surface area contributed by atoms with Crippen molar-refractivity contribution in [2.75, 3.05) is 20.7 Å². The highest BCUT2D eigenvalue weighted by atomic mass is 16.7. The van der Waals surface area contributed by atoms with Crippen LogP contribution in [0.5, 0.6) is 0 Å². The lowest BCUT2D eigenvalue weighted by Crippen LogP contribution is -2.61. The van der Waals surface area contributed by atoms with Crippen molar-refractivity contribution < 1.29 is 52.7 Å². The Morgan fingerprint density at radius 3 is 2.34 bits per heavy atom. The third kappa shape index (κ3) is 9.13. The predicted octanol–water partition coefficient (Wildman–Crippen LogP) is 4.69. The SMILES string of the molecule is C=CCO[C@]1(C)C[C@@H](C)C(=O)[C@H](C)[C@H]2NC(=O)O[C@]2(C)C(CC)OC(=O)[C@H](C)[C@@H](O)[C@H](C)[C@H]1O[C@@H]1O[C@H](C)C[C@H](N(C)C)[C@H]1OC(=O)c1ccccc1. The van der Waals surface area contributed by atoms with Gasteiger partial charge in [-0.1, -0.05) is 52.0 Å². The number of likely N-dealkylation sites (N-methyl/N-ethyl adjacent to an activating group) is 1. The van der Waals surface area contributed by atoms with Crippen molar-refractivity contribution in [3.63, 3.8) is 0 Å². The average Bonchev–Trinajstić information content (AvgIpc) is 3.44. The number of fused-ring (bicyclic) bond motifs is 1. The minimum absolute atomic E-state index is 0.0741. The van der Waals surface area contributed by atoms with Crippen LogP contribution in [0.3, 0.4) is 0 Å². The van der Waals surface area contributed by atoms with Crippen molar-refractivity contribution in [3.05, 3.63) is 48.6 Å². The van der Waals surface area contributed by atoms with E-state index in [1.807, 2.05) is 32.0 Å². The highest BCUT2D eigenvalue weighted by Crippen LogP contribution is 2.41. The zero-order valence-electron chi connectivity index (χ0n) is 32.9. The number of hydrogen-bond donors (Lipinski definition) is 2. The number of Topliss-reactive ketones (excluding diaryl/α,β-unsaturated/α-hetero) is 1. The van der Waals surface area contributed by atoms with Gasteiger partial charge in [-0.25, -0.2) is 9.59 Å². The second-order valence-electron chi connectivity index (χ2n) is 15.8. The molecule has 0 saturated carbocycles. The van der Waals surface area contributed by atoms with Crippen LogP contribution in [0.25, 0.3) is 0 Å². The number of aliphatic hydroxyl groups is 1. The first-order valence-corrected chi connectivity index (χ1v) is 18.8. The van der Waals surface area contributed by atoms with E-state index >= 15 is 0 Å². The molecule has 3 fully saturated rings. The molecule has 0 spiro atoms. The van der Waals surface area contributed by atoms with Crippen LogP contribution in [0.4, 0.5) is 4.79 Å².